The van der Waals surface area contributed by atoms with Crippen LogP contribution in [0.1, 0.15) is 55.4 Å². The maximum Gasteiger partial charge on any atom is -0.0401 e. The zero-order valence-corrected chi connectivity index (χ0v) is 14.6. The third-order valence-corrected chi connectivity index (χ3v) is 2.49. The maximum absolute atomic E-state index is 2.10. The van der Waals surface area contributed by atoms with Crippen molar-refractivity contribution in [2.45, 2.75) is 55.4 Å². The number of rotatable bonds is 4. The summed E-state index contributed by atoms with van der Waals surface area (Å²) in [7, 11) is 0. The summed E-state index contributed by atoms with van der Waals surface area (Å²) < 4.78 is 0. The average Bonchev–Trinajstić information content (AvgIpc) is 2.38. The fourth-order valence-corrected chi connectivity index (χ4v) is 0.977. The topological polar surface area (TPSA) is 0 Å². The van der Waals surface area contributed by atoms with Gasteiger partial charge in [-0.3, -0.25) is 0 Å². The van der Waals surface area contributed by atoms with E-state index in [0.29, 0.717) is 0 Å². The van der Waals surface area contributed by atoms with Gasteiger partial charge in [-0.15, -0.1) is 0 Å². The molecular formula is C20H32. The third-order valence-electron chi connectivity index (χ3n) is 2.49. The van der Waals surface area contributed by atoms with Gasteiger partial charge in [0.1, 0.15) is 0 Å². The Labute approximate surface area is 127 Å². The zero-order valence-electron chi connectivity index (χ0n) is 14.6. The van der Waals surface area contributed by atoms with Crippen molar-refractivity contribution in [3.8, 4) is 0 Å². The molecule has 0 rings (SSSR count). The molecule has 112 valence electrons. The molecule has 0 radical (unpaired) electrons. The highest BCUT2D eigenvalue weighted by molar-refractivity contribution is 5.21. The van der Waals surface area contributed by atoms with E-state index >= 15 is 0 Å². The Balaban J connectivity index is 0. The second-order valence-corrected chi connectivity index (χ2v) is 5.27. The van der Waals surface area contributed by atoms with Crippen LogP contribution in [0, 0.1) is 0 Å². The van der Waals surface area contributed by atoms with Gasteiger partial charge in [0.15, 0.2) is 0 Å². The Morgan fingerprint density at radius 2 is 0.850 bits per heavy atom. The molecule has 0 atom stereocenters. The van der Waals surface area contributed by atoms with Crippen LogP contribution in [0.2, 0.25) is 0 Å². The van der Waals surface area contributed by atoms with Crippen LogP contribution >= 0.6 is 0 Å². The molecule has 20 heavy (non-hydrogen) atoms. The maximum atomic E-state index is 2.10. The molecule has 0 aliphatic rings. The summed E-state index contributed by atoms with van der Waals surface area (Å²) in [5.41, 5.74) is 5.27. The van der Waals surface area contributed by atoms with Crippen LogP contribution in [0.3, 0.4) is 0 Å². The van der Waals surface area contributed by atoms with Crippen LogP contribution in [0.4, 0.5) is 0 Å². The van der Waals surface area contributed by atoms with E-state index in [4.69, 9.17) is 0 Å². The Morgan fingerprint density at radius 1 is 0.550 bits per heavy atom. The van der Waals surface area contributed by atoms with E-state index in [0.717, 1.165) is 0 Å². The molecule has 0 N–H and O–H groups in total. The lowest BCUT2D eigenvalue weighted by Crippen LogP contribution is -1.64. The molecule has 0 aliphatic heterocycles. The largest absolute Gasteiger partial charge is 0.0847 e. The standard InChI is InChI=1S/2C10H16/c2*1-5-10(4)8-6-7-9(2)3/h2*5-8H,1-4H3. The summed E-state index contributed by atoms with van der Waals surface area (Å²) in [6.45, 7) is 16.6. The van der Waals surface area contributed by atoms with Crippen LogP contribution in [0.25, 0.3) is 0 Å². The molecule has 0 amide bonds. The smallest absolute Gasteiger partial charge is 0.0401 e. The minimum Gasteiger partial charge on any atom is -0.0847 e. The first-order chi connectivity index (χ1) is 9.33. The summed E-state index contributed by atoms with van der Waals surface area (Å²) in [4.78, 5) is 0. The van der Waals surface area contributed by atoms with Crippen molar-refractivity contribution in [2.75, 3.05) is 0 Å². The molecule has 0 fully saturated rings. The quantitative estimate of drug-likeness (QED) is 0.486. The molecule has 0 aromatic heterocycles. The lowest BCUT2D eigenvalue weighted by molar-refractivity contribution is 1.39. The molecule has 0 heteroatoms. The van der Waals surface area contributed by atoms with Gasteiger partial charge in [-0.05, 0) is 55.4 Å². The molecule has 0 spiro atoms. The third kappa shape index (κ3) is 18.8. The summed E-state index contributed by atoms with van der Waals surface area (Å²) >= 11 is 0. The number of allylic oxidation sites excluding steroid dienone is 12. The van der Waals surface area contributed by atoms with E-state index in [1.165, 1.54) is 22.3 Å². The first kappa shape index (κ1) is 20.8. The molecule has 0 nitrogen and oxygen atoms in total. The van der Waals surface area contributed by atoms with Crippen molar-refractivity contribution >= 4 is 0 Å². The van der Waals surface area contributed by atoms with Gasteiger partial charge in [-0.2, -0.15) is 0 Å². The van der Waals surface area contributed by atoms with Crippen molar-refractivity contribution in [1.82, 2.24) is 0 Å². The van der Waals surface area contributed by atoms with E-state index in [2.05, 4.69) is 90.2 Å². The fourth-order valence-electron chi connectivity index (χ4n) is 0.977. The van der Waals surface area contributed by atoms with Gasteiger partial charge in [0.25, 0.3) is 0 Å². The SMILES string of the molecule is CC=C(C)C=CC=C(C)C.CC=C(C)C=CC=C(C)C. The highest BCUT2D eigenvalue weighted by atomic mass is 13.8. The molecule has 0 aromatic carbocycles. The molecule has 0 aliphatic carbocycles. The molecule has 0 saturated heterocycles. The van der Waals surface area contributed by atoms with E-state index in [1.807, 2.05) is 13.8 Å². The second kappa shape index (κ2) is 13.9. The Morgan fingerprint density at radius 3 is 1.05 bits per heavy atom. The lowest BCUT2D eigenvalue weighted by Gasteiger charge is -1.85. The van der Waals surface area contributed by atoms with E-state index in [1.54, 1.807) is 0 Å². The van der Waals surface area contributed by atoms with E-state index in [-0.39, 0.29) is 0 Å². The minimum absolute atomic E-state index is 1.30. The number of hydrogen-bond acceptors (Lipinski definition) is 0. The van der Waals surface area contributed by atoms with Crippen LogP contribution in [-0.2, 0) is 0 Å². The molecule has 0 aromatic rings. The van der Waals surface area contributed by atoms with Gasteiger partial charge < -0.3 is 0 Å². The predicted octanol–water partition coefficient (Wildman–Crippen LogP) is 6.95. The van der Waals surface area contributed by atoms with Crippen LogP contribution in [0.5, 0.6) is 0 Å². The monoisotopic (exact) mass is 272 g/mol. The average molecular weight is 272 g/mol. The Hall–Kier alpha value is -1.56. The summed E-state index contributed by atoms with van der Waals surface area (Å²) in [6.07, 6.45) is 16.8. The zero-order chi connectivity index (χ0) is 16.0. The highest BCUT2D eigenvalue weighted by Gasteiger charge is 1.75. The van der Waals surface area contributed by atoms with Crippen LogP contribution < -0.4 is 0 Å². The summed E-state index contributed by atoms with van der Waals surface area (Å²) in [5, 5.41) is 0. The van der Waals surface area contributed by atoms with Crippen molar-refractivity contribution in [2.24, 2.45) is 0 Å². The first-order valence-electron chi connectivity index (χ1n) is 7.22. The second-order valence-electron chi connectivity index (χ2n) is 5.27. The molecule has 0 bridgehead atoms. The molecule has 0 saturated carbocycles. The summed E-state index contributed by atoms with van der Waals surface area (Å²) in [6, 6.07) is 0. The van der Waals surface area contributed by atoms with E-state index < -0.39 is 0 Å². The van der Waals surface area contributed by atoms with Crippen LogP contribution in [-0.4, -0.2) is 0 Å². The predicted molar refractivity (Wildman–Crippen MR) is 96.0 cm³/mol. The molecular weight excluding hydrogens is 240 g/mol. The molecule has 0 heterocycles. The van der Waals surface area contributed by atoms with Gasteiger partial charge in [0.05, 0.1) is 0 Å². The van der Waals surface area contributed by atoms with Gasteiger partial charge in [-0.25, -0.2) is 0 Å². The Kier molecular flexibility index (Phi) is 14.4. The highest BCUT2D eigenvalue weighted by Crippen LogP contribution is 1.96. The fraction of sp³-hybridized carbons (Fsp3) is 0.400. The summed E-state index contributed by atoms with van der Waals surface area (Å²) in [5.74, 6) is 0. The van der Waals surface area contributed by atoms with Crippen molar-refractivity contribution in [3.63, 3.8) is 0 Å². The van der Waals surface area contributed by atoms with Gasteiger partial charge in [0, 0.05) is 0 Å². The lowest BCUT2D eigenvalue weighted by atomic mass is 10.2. The van der Waals surface area contributed by atoms with Crippen molar-refractivity contribution in [3.05, 3.63) is 70.9 Å². The van der Waals surface area contributed by atoms with E-state index in [9.17, 15) is 0 Å². The van der Waals surface area contributed by atoms with Gasteiger partial charge in [-0.1, -0.05) is 70.9 Å². The first-order valence-corrected chi connectivity index (χ1v) is 7.22. The Bertz CT molecular complexity index is 371. The van der Waals surface area contributed by atoms with Crippen molar-refractivity contribution in [1.29, 1.82) is 0 Å². The van der Waals surface area contributed by atoms with Crippen LogP contribution in [0.15, 0.2) is 70.9 Å². The van der Waals surface area contributed by atoms with Crippen molar-refractivity contribution < 1.29 is 0 Å². The van der Waals surface area contributed by atoms with Gasteiger partial charge in [0.2, 0.25) is 0 Å². The number of hydrogen-bond donors (Lipinski definition) is 0. The van der Waals surface area contributed by atoms with Gasteiger partial charge >= 0.3 is 0 Å². The normalized spacial score (nSPS) is 12.2. The molecule has 0 unspecified atom stereocenters. The minimum atomic E-state index is 1.30.